The number of ether oxygens (including phenoxy) is 2. The normalized spacial score (nSPS) is 17.0. The van der Waals surface area contributed by atoms with E-state index in [0.717, 1.165) is 0 Å². The second-order valence-corrected chi connectivity index (χ2v) is 5.95. The summed E-state index contributed by atoms with van der Waals surface area (Å²) < 4.78 is 16.2. The lowest BCUT2D eigenvalue weighted by Crippen LogP contribution is -2.50. The predicted molar refractivity (Wildman–Crippen MR) is 92.1 cm³/mol. The molecule has 9 heteroatoms. The molecule has 0 spiro atoms. The van der Waals surface area contributed by atoms with Crippen molar-refractivity contribution in [3.8, 4) is 5.75 Å². The van der Waals surface area contributed by atoms with Gasteiger partial charge in [0, 0.05) is 12.7 Å². The zero-order valence-corrected chi connectivity index (χ0v) is 14.6. The topological polar surface area (TPSA) is 93.9 Å². The summed E-state index contributed by atoms with van der Waals surface area (Å²) in [6, 6.07) is 6.58. The Hall–Kier alpha value is -2.58. The van der Waals surface area contributed by atoms with E-state index in [1.165, 1.54) is 12.3 Å². The van der Waals surface area contributed by atoms with Crippen molar-refractivity contribution in [2.45, 2.75) is 6.10 Å². The van der Waals surface area contributed by atoms with Gasteiger partial charge in [0.1, 0.15) is 12.7 Å². The lowest BCUT2D eigenvalue weighted by molar-refractivity contribution is -0.138. The van der Waals surface area contributed by atoms with E-state index >= 15 is 0 Å². The number of hydrogen-bond acceptors (Lipinski definition) is 6. The van der Waals surface area contributed by atoms with E-state index in [1.54, 1.807) is 29.3 Å². The van der Waals surface area contributed by atoms with Crippen LogP contribution < -0.4 is 10.1 Å². The van der Waals surface area contributed by atoms with Crippen LogP contribution >= 0.6 is 11.6 Å². The van der Waals surface area contributed by atoms with E-state index in [9.17, 15) is 9.59 Å². The quantitative estimate of drug-likeness (QED) is 0.762. The molecule has 1 atom stereocenters. The molecule has 0 aromatic carbocycles. The van der Waals surface area contributed by atoms with Gasteiger partial charge in [-0.2, -0.15) is 0 Å². The molecule has 1 aliphatic heterocycles. The maximum Gasteiger partial charge on any atom is 0.287 e. The summed E-state index contributed by atoms with van der Waals surface area (Å²) in [7, 11) is 0. The number of halogens is 1. The van der Waals surface area contributed by atoms with E-state index in [0.29, 0.717) is 25.4 Å². The zero-order valence-electron chi connectivity index (χ0n) is 13.9. The number of aromatic nitrogens is 1. The number of rotatable bonds is 6. The van der Waals surface area contributed by atoms with Crippen LogP contribution in [-0.2, 0) is 9.53 Å². The van der Waals surface area contributed by atoms with E-state index in [4.69, 9.17) is 25.5 Å². The highest BCUT2D eigenvalue weighted by molar-refractivity contribution is 6.30. The predicted octanol–water partition coefficient (Wildman–Crippen LogP) is 1.36. The fourth-order valence-corrected chi connectivity index (χ4v) is 2.64. The molecule has 1 saturated heterocycles. The standard InChI is InChI=1S/C17H18ClN3O5/c18-16-13(3-1-5-19-16)26-11-12-10-21(6-8-24-12)15(22)9-20-17(23)14-4-2-7-25-14/h1-5,7,12H,6,8-11H2,(H,20,23). The number of pyridine rings is 1. The maximum atomic E-state index is 12.3. The van der Waals surface area contributed by atoms with Gasteiger partial charge in [-0.3, -0.25) is 9.59 Å². The van der Waals surface area contributed by atoms with Crippen molar-refractivity contribution in [2.75, 3.05) is 32.8 Å². The Morgan fingerprint density at radius 3 is 3.04 bits per heavy atom. The molecule has 2 aromatic heterocycles. The average molecular weight is 380 g/mol. The SMILES string of the molecule is O=C(NCC(=O)N1CCOC(COc2cccnc2Cl)C1)c1ccco1. The fraction of sp³-hybridized carbons (Fsp3) is 0.353. The number of carbonyl (C=O) groups excluding carboxylic acids is 2. The Labute approximate surface area is 155 Å². The second-order valence-electron chi connectivity index (χ2n) is 5.60. The summed E-state index contributed by atoms with van der Waals surface area (Å²) in [6.45, 7) is 1.36. The highest BCUT2D eigenvalue weighted by Gasteiger charge is 2.25. The molecule has 0 radical (unpaired) electrons. The van der Waals surface area contributed by atoms with Crippen molar-refractivity contribution in [3.63, 3.8) is 0 Å². The summed E-state index contributed by atoms with van der Waals surface area (Å²) in [5, 5.41) is 2.82. The zero-order chi connectivity index (χ0) is 18.4. The minimum Gasteiger partial charge on any atom is -0.488 e. The van der Waals surface area contributed by atoms with Gasteiger partial charge >= 0.3 is 0 Å². The molecule has 2 aromatic rings. The maximum absolute atomic E-state index is 12.3. The van der Waals surface area contributed by atoms with Gasteiger partial charge < -0.3 is 24.1 Å². The molecule has 138 valence electrons. The number of morpholine rings is 1. The molecule has 1 aliphatic rings. The van der Waals surface area contributed by atoms with Crippen LogP contribution in [0.15, 0.2) is 41.1 Å². The molecule has 3 heterocycles. The summed E-state index contributed by atoms with van der Waals surface area (Å²) in [5.41, 5.74) is 0. The van der Waals surface area contributed by atoms with Crippen LogP contribution in [0.5, 0.6) is 5.75 Å². The lowest BCUT2D eigenvalue weighted by Gasteiger charge is -2.32. The van der Waals surface area contributed by atoms with Crippen molar-refractivity contribution in [1.29, 1.82) is 0 Å². The Balaban J connectivity index is 1.46. The molecule has 1 unspecified atom stereocenters. The molecule has 8 nitrogen and oxygen atoms in total. The van der Waals surface area contributed by atoms with Crippen LogP contribution in [0, 0.1) is 0 Å². The minimum atomic E-state index is -0.428. The highest BCUT2D eigenvalue weighted by Crippen LogP contribution is 2.21. The van der Waals surface area contributed by atoms with Crippen LogP contribution in [0.1, 0.15) is 10.6 Å². The van der Waals surface area contributed by atoms with Gasteiger partial charge in [-0.1, -0.05) is 11.6 Å². The third kappa shape index (κ3) is 4.74. The molecular weight excluding hydrogens is 362 g/mol. The van der Waals surface area contributed by atoms with Gasteiger partial charge in [-0.25, -0.2) is 4.98 Å². The van der Waals surface area contributed by atoms with Crippen molar-refractivity contribution >= 4 is 23.4 Å². The molecular formula is C17H18ClN3O5. The van der Waals surface area contributed by atoms with E-state index in [-0.39, 0.29) is 36.1 Å². The van der Waals surface area contributed by atoms with Gasteiger partial charge in [0.05, 0.1) is 26.0 Å². The molecule has 0 aliphatic carbocycles. The van der Waals surface area contributed by atoms with Crippen LogP contribution in [0.2, 0.25) is 5.15 Å². The Morgan fingerprint density at radius 2 is 2.27 bits per heavy atom. The Bertz CT molecular complexity index is 753. The van der Waals surface area contributed by atoms with Crippen molar-refractivity contribution in [2.24, 2.45) is 0 Å². The van der Waals surface area contributed by atoms with Crippen molar-refractivity contribution < 1.29 is 23.5 Å². The third-order valence-electron chi connectivity index (χ3n) is 3.79. The molecule has 2 amide bonds. The summed E-state index contributed by atoms with van der Waals surface area (Å²) in [5.74, 6) is 0.00617. The first kappa shape index (κ1) is 18.2. The number of nitrogens with zero attached hydrogens (tertiary/aromatic N) is 2. The smallest absolute Gasteiger partial charge is 0.287 e. The van der Waals surface area contributed by atoms with Crippen LogP contribution in [0.3, 0.4) is 0 Å². The molecule has 26 heavy (non-hydrogen) atoms. The summed E-state index contributed by atoms with van der Waals surface area (Å²) >= 11 is 5.94. The van der Waals surface area contributed by atoms with Gasteiger partial charge in [0.25, 0.3) is 5.91 Å². The summed E-state index contributed by atoms with van der Waals surface area (Å²) in [6.07, 6.45) is 2.69. The van der Waals surface area contributed by atoms with E-state index < -0.39 is 5.91 Å². The number of carbonyl (C=O) groups is 2. The summed E-state index contributed by atoms with van der Waals surface area (Å²) in [4.78, 5) is 29.7. The third-order valence-corrected chi connectivity index (χ3v) is 4.07. The van der Waals surface area contributed by atoms with Crippen LogP contribution in [-0.4, -0.2) is 60.7 Å². The van der Waals surface area contributed by atoms with Gasteiger partial charge in [-0.15, -0.1) is 0 Å². The van der Waals surface area contributed by atoms with Gasteiger partial charge in [-0.05, 0) is 24.3 Å². The van der Waals surface area contributed by atoms with Gasteiger partial charge in [0.2, 0.25) is 5.91 Å². The number of furan rings is 1. The van der Waals surface area contributed by atoms with Crippen molar-refractivity contribution in [1.82, 2.24) is 15.2 Å². The second kappa shape index (κ2) is 8.68. The first-order valence-corrected chi connectivity index (χ1v) is 8.45. The Morgan fingerprint density at radius 1 is 1.38 bits per heavy atom. The monoisotopic (exact) mass is 379 g/mol. The van der Waals surface area contributed by atoms with Crippen molar-refractivity contribution in [3.05, 3.63) is 47.6 Å². The van der Waals surface area contributed by atoms with Crippen LogP contribution in [0.4, 0.5) is 0 Å². The van der Waals surface area contributed by atoms with Crippen LogP contribution in [0.25, 0.3) is 0 Å². The average Bonchev–Trinajstić information content (AvgIpc) is 3.20. The van der Waals surface area contributed by atoms with E-state index in [1.807, 2.05) is 0 Å². The number of nitrogens with one attached hydrogen (secondary N) is 1. The number of amides is 2. The minimum absolute atomic E-state index is 0.110. The highest BCUT2D eigenvalue weighted by atomic mass is 35.5. The molecule has 3 rings (SSSR count). The van der Waals surface area contributed by atoms with Gasteiger partial charge in [0.15, 0.2) is 16.7 Å². The first-order valence-electron chi connectivity index (χ1n) is 8.08. The molecule has 0 bridgehead atoms. The largest absolute Gasteiger partial charge is 0.488 e. The molecule has 0 saturated carbocycles. The molecule has 1 fully saturated rings. The first-order chi connectivity index (χ1) is 12.6. The lowest BCUT2D eigenvalue weighted by atomic mass is 10.2. The van der Waals surface area contributed by atoms with E-state index in [2.05, 4.69) is 10.3 Å². The number of hydrogen-bond donors (Lipinski definition) is 1. The Kier molecular flexibility index (Phi) is 6.08. The molecule has 1 N–H and O–H groups in total. The fourth-order valence-electron chi connectivity index (χ4n) is 2.47.